The zero-order chi connectivity index (χ0) is 22.0. The van der Waals surface area contributed by atoms with Crippen LogP contribution in [-0.2, 0) is 11.2 Å². The normalized spacial score (nSPS) is 15.8. The van der Waals surface area contributed by atoms with E-state index in [1.165, 1.54) is 0 Å². The molecule has 2 N–H and O–H groups in total. The van der Waals surface area contributed by atoms with Crippen LogP contribution < -0.4 is 15.0 Å². The predicted molar refractivity (Wildman–Crippen MR) is 115 cm³/mol. The molecule has 1 amide bonds. The number of nitrogens with one attached hydrogen (secondary N) is 1. The molecule has 0 spiro atoms. The fourth-order valence-corrected chi connectivity index (χ4v) is 4.48. The quantitative estimate of drug-likeness (QED) is 0.533. The summed E-state index contributed by atoms with van der Waals surface area (Å²) in [5, 5.41) is 10.3. The van der Waals surface area contributed by atoms with Gasteiger partial charge >= 0.3 is 0 Å². The number of hydrogen-bond donors (Lipinski definition) is 2. The molecule has 0 radical (unpaired) electrons. The molecule has 2 heterocycles. The molecule has 1 aliphatic rings. The number of aromatic hydroxyl groups is 1. The second kappa shape index (κ2) is 8.99. The van der Waals surface area contributed by atoms with Crippen LogP contribution in [0.3, 0.4) is 0 Å². The smallest absolute Gasteiger partial charge is 0.258 e. The van der Waals surface area contributed by atoms with Crippen molar-refractivity contribution >= 4 is 17.7 Å². The third-order valence-electron chi connectivity index (χ3n) is 5.33. The number of H-pyrrole nitrogens is 1. The van der Waals surface area contributed by atoms with E-state index in [-0.39, 0.29) is 45.8 Å². The highest BCUT2D eigenvalue weighted by molar-refractivity contribution is 7.99. The topological polar surface area (TPSA) is 105 Å². The highest BCUT2D eigenvalue weighted by atomic mass is 32.2. The summed E-state index contributed by atoms with van der Waals surface area (Å²) >= 11 is 1.11. The average molecular weight is 434 g/mol. The van der Waals surface area contributed by atoms with Gasteiger partial charge in [0.25, 0.3) is 5.56 Å². The first-order chi connectivity index (χ1) is 14.3. The minimum atomic E-state index is -0.381. The molecule has 3 rings (SSSR count). The Morgan fingerprint density at radius 2 is 2.00 bits per heavy atom. The van der Waals surface area contributed by atoms with Crippen molar-refractivity contribution in [2.75, 3.05) is 26.5 Å². The zero-order valence-electron chi connectivity index (χ0n) is 17.8. The van der Waals surface area contributed by atoms with Gasteiger partial charge in [0.05, 0.1) is 31.6 Å². The Labute approximate surface area is 179 Å². The lowest BCUT2D eigenvalue weighted by Crippen LogP contribution is -2.40. The average Bonchev–Trinajstić information content (AvgIpc) is 2.70. The van der Waals surface area contributed by atoms with Crippen LogP contribution in [0.1, 0.15) is 49.4 Å². The van der Waals surface area contributed by atoms with E-state index in [0.29, 0.717) is 18.0 Å². The third-order valence-corrected chi connectivity index (χ3v) is 6.19. The van der Waals surface area contributed by atoms with Gasteiger partial charge in [-0.2, -0.15) is 4.98 Å². The molecule has 30 heavy (non-hydrogen) atoms. The molecule has 9 heteroatoms. The zero-order valence-corrected chi connectivity index (χ0v) is 18.6. The van der Waals surface area contributed by atoms with E-state index >= 15 is 0 Å². The maximum Gasteiger partial charge on any atom is 0.258 e. The van der Waals surface area contributed by atoms with Crippen LogP contribution in [-0.4, -0.2) is 52.4 Å². The Morgan fingerprint density at radius 3 is 2.60 bits per heavy atom. The molecule has 0 aliphatic carbocycles. The Balaban J connectivity index is 1.74. The van der Waals surface area contributed by atoms with Crippen LogP contribution in [0.5, 0.6) is 17.4 Å². The standard InChI is InChI=1S/C21H27N3O5S/c1-11(2)18-19(26)22-21(23-20(18)27)30-10-17(25)24-7-6-13-8-15(28-4)16(29-5)9-14(13)12(24)3/h8-9,11-12H,6-7,10H2,1-5H3,(H2,22,23,26,27)/t12-/m0/s1. The lowest BCUT2D eigenvalue weighted by Gasteiger charge is -2.35. The van der Waals surface area contributed by atoms with Gasteiger partial charge in [0.1, 0.15) is 0 Å². The van der Waals surface area contributed by atoms with Crippen molar-refractivity contribution in [2.45, 2.75) is 44.3 Å². The van der Waals surface area contributed by atoms with Crippen molar-refractivity contribution in [2.24, 2.45) is 0 Å². The first-order valence-corrected chi connectivity index (χ1v) is 10.8. The molecule has 1 aromatic heterocycles. The number of benzene rings is 1. The Morgan fingerprint density at radius 1 is 1.33 bits per heavy atom. The maximum atomic E-state index is 12.9. The van der Waals surface area contributed by atoms with Crippen LogP contribution in [0.4, 0.5) is 0 Å². The van der Waals surface area contributed by atoms with Gasteiger partial charge in [0, 0.05) is 6.54 Å². The summed E-state index contributed by atoms with van der Waals surface area (Å²) in [6.07, 6.45) is 0.718. The maximum absolute atomic E-state index is 12.9. The van der Waals surface area contributed by atoms with Crippen LogP contribution in [0, 0.1) is 0 Å². The van der Waals surface area contributed by atoms with Crippen molar-refractivity contribution in [3.05, 3.63) is 39.2 Å². The minimum absolute atomic E-state index is 0.0667. The van der Waals surface area contributed by atoms with Crippen molar-refractivity contribution in [3.8, 4) is 17.4 Å². The summed E-state index contributed by atoms with van der Waals surface area (Å²) in [5.74, 6) is 0.920. The first kappa shape index (κ1) is 22.0. The second-order valence-electron chi connectivity index (χ2n) is 7.47. The predicted octanol–water partition coefficient (Wildman–Crippen LogP) is 2.85. The van der Waals surface area contributed by atoms with Crippen LogP contribution in [0.15, 0.2) is 22.1 Å². The van der Waals surface area contributed by atoms with E-state index in [2.05, 4.69) is 9.97 Å². The number of amides is 1. The molecule has 1 aromatic carbocycles. The number of aromatic amines is 1. The van der Waals surface area contributed by atoms with Gasteiger partial charge in [-0.15, -0.1) is 0 Å². The van der Waals surface area contributed by atoms with E-state index in [0.717, 1.165) is 29.3 Å². The van der Waals surface area contributed by atoms with Crippen molar-refractivity contribution in [1.82, 2.24) is 14.9 Å². The Bertz CT molecular complexity index is 1000. The van der Waals surface area contributed by atoms with Crippen molar-refractivity contribution < 1.29 is 19.4 Å². The molecule has 2 aromatic rings. The molecule has 1 aliphatic heterocycles. The van der Waals surface area contributed by atoms with E-state index < -0.39 is 0 Å². The molecule has 0 unspecified atom stereocenters. The Kier molecular flexibility index (Phi) is 6.60. The van der Waals surface area contributed by atoms with E-state index in [1.54, 1.807) is 14.2 Å². The number of rotatable bonds is 6. The van der Waals surface area contributed by atoms with Crippen molar-refractivity contribution in [3.63, 3.8) is 0 Å². The summed E-state index contributed by atoms with van der Waals surface area (Å²) in [7, 11) is 3.19. The SMILES string of the molecule is COc1cc2c(cc1OC)[C@H](C)N(C(=O)CSc1nc(O)c(C(C)C)c(=O)[nH]1)CC2. The molecular weight excluding hydrogens is 406 g/mol. The largest absolute Gasteiger partial charge is 0.493 e. The van der Waals surface area contributed by atoms with Gasteiger partial charge < -0.3 is 24.5 Å². The highest BCUT2D eigenvalue weighted by Crippen LogP contribution is 2.38. The number of ether oxygens (including phenoxy) is 2. The van der Waals surface area contributed by atoms with E-state index in [1.807, 2.05) is 37.8 Å². The second-order valence-corrected chi connectivity index (χ2v) is 8.43. The van der Waals surface area contributed by atoms with Gasteiger partial charge in [-0.05, 0) is 42.5 Å². The first-order valence-electron chi connectivity index (χ1n) is 9.77. The number of aromatic nitrogens is 2. The summed E-state index contributed by atoms with van der Waals surface area (Å²) < 4.78 is 10.8. The van der Waals surface area contributed by atoms with Crippen LogP contribution in [0.2, 0.25) is 0 Å². The molecule has 0 saturated heterocycles. The number of hydrogen-bond acceptors (Lipinski definition) is 7. The van der Waals surface area contributed by atoms with Crippen molar-refractivity contribution in [1.29, 1.82) is 0 Å². The van der Waals surface area contributed by atoms with Crippen LogP contribution in [0.25, 0.3) is 0 Å². The molecule has 1 atom stereocenters. The molecule has 0 saturated carbocycles. The van der Waals surface area contributed by atoms with Gasteiger partial charge in [-0.3, -0.25) is 9.59 Å². The summed E-state index contributed by atoms with van der Waals surface area (Å²) in [6, 6.07) is 3.77. The minimum Gasteiger partial charge on any atom is -0.493 e. The number of fused-ring (bicyclic) bond motifs is 1. The fourth-order valence-electron chi connectivity index (χ4n) is 3.74. The van der Waals surface area contributed by atoms with Gasteiger partial charge in [-0.1, -0.05) is 25.6 Å². The highest BCUT2D eigenvalue weighted by Gasteiger charge is 2.29. The summed E-state index contributed by atoms with van der Waals surface area (Å²) in [4.78, 5) is 33.5. The number of methoxy groups -OCH3 is 2. The molecule has 8 nitrogen and oxygen atoms in total. The number of nitrogens with zero attached hydrogens (tertiary/aromatic N) is 2. The molecule has 162 valence electrons. The van der Waals surface area contributed by atoms with E-state index in [4.69, 9.17) is 9.47 Å². The van der Waals surface area contributed by atoms with Crippen LogP contribution >= 0.6 is 11.8 Å². The molecule has 0 bridgehead atoms. The number of carbonyl (C=O) groups is 1. The van der Waals surface area contributed by atoms with E-state index in [9.17, 15) is 14.7 Å². The fraction of sp³-hybridized carbons (Fsp3) is 0.476. The lowest BCUT2D eigenvalue weighted by molar-refractivity contribution is -0.130. The molecular formula is C21H27N3O5S. The lowest BCUT2D eigenvalue weighted by atomic mass is 9.93. The monoisotopic (exact) mass is 433 g/mol. The summed E-state index contributed by atoms with van der Waals surface area (Å²) in [6.45, 7) is 6.19. The third kappa shape index (κ3) is 4.26. The number of carbonyl (C=O) groups excluding carboxylic acids is 1. The Hall–Kier alpha value is -2.68. The van der Waals surface area contributed by atoms with Gasteiger partial charge in [0.2, 0.25) is 11.8 Å². The number of thioether (sulfide) groups is 1. The van der Waals surface area contributed by atoms with Gasteiger partial charge in [0.15, 0.2) is 16.7 Å². The summed E-state index contributed by atoms with van der Waals surface area (Å²) in [5.41, 5.74) is 2.03. The molecule has 0 fully saturated rings. The van der Waals surface area contributed by atoms with Gasteiger partial charge in [-0.25, -0.2) is 0 Å².